The van der Waals surface area contributed by atoms with Crippen LogP contribution in [0.2, 0.25) is 0 Å². The van der Waals surface area contributed by atoms with Crippen molar-refractivity contribution in [2.45, 2.75) is 19.8 Å². The first kappa shape index (κ1) is 7.06. The lowest BCUT2D eigenvalue weighted by Gasteiger charge is -1.87. The first-order valence-electron chi connectivity index (χ1n) is 3.40. The van der Waals surface area contributed by atoms with Gasteiger partial charge in [0, 0.05) is 6.42 Å². The van der Waals surface area contributed by atoms with Crippen LogP contribution in [-0.2, 0) is 6.42 Å². The van der Waals surface area contributed by atoms with Crippen molar-refractivity contribution in [1.29, 1.82) is 0 Å². The molecule has 0 bridgehead atoms. The highest BCUT2D eigenvalue weighted by molar-refractivity contribution is 5.70. The van der Waals surface area contributed by atoms with Crippen LogP contribution in [0.25, 0.3) is 0 Å². The first-order valence-corrected chi connectivity index (χ1v) is 3.40. The third-order valence-corrected chi connectivity index (χ3v) is 1.29. The standard InChI is InChI=1S/C8H10O2/c1-2-3-7-4-5-8(6-9)10-7/h4-6H,2-3H2,1H3. The van der Waals surface area contributed by atoms with E-state index in [9.17, 15) is 4.79 Å². The average Bonchev–Trinajstić information content (AvgIpc) is 2.37. The number of hydrogen-bond donors (Lipinski definition) is 0. The van der Waals surface area contributed by atoms with Gasteiger partial charge in [0.2, 0.25) is 0 Å². The van der Waals surface area contributed by atoms with Crippen molar-refractivity contribution in [1.82, 2.24) is 0 Å². The molecule has 0 atom stereocenters. The second-order valence-corrected chi connectivity index (χ2v) is 2.17. The number of rotatable bonds is 3. The molecule has 0 aliphatic heterocycles. The van der Waals surface area contributed by atoms with Crippen LogP contribution in [0.1, 0.15) is 29.7 Å². The Kier molecular flexibility index (Phi) is 2.26. The van der Waals surface area contributed by atoms with Gasteiger partial charge in [0.1, 0.15) is 5.76 Å². The van der Waals surface area contributed by atoms with E-state index < -0.39 is 0 Å². The minimum atomic E-state index is 0.420. The Morgan fingerprint density at radius 1 is 1.60 bits per heavy atom. The van der Waals surface area contributed by atoms with E-state index in [0.29, 0.717) is 5.76 Å². The molecule has 2 heteroatoms. The fourth-order valence-electron chi connectivity index (χ4n) is 0.839. The molecule has 0 radical (unpaired) electrons. The van der Waals surface area contributed by atoms with Gasteiger partial charge < -0.3 is 4.42 Å². The summed E-state index contributed by atoms with van der Waals surface area (Å²) in [6.45, 7) is 2.07. The van der Waals surface area contributed by atoms with Gasteiger partial charge in [-0.05, 0) is 18.6 Å². The Labute approximate surface area is 59.8 Å². The van der Waals surface area contributed by atoms with Gasteiger partial charge in [-0.1, -0.05) is 6.92 Å². The topological polar surface area (TPSA) is 30.2 Å². The molecule has 0 spiro atoms. The number of carbonyl (C=O) groups is 1. The second kappa shape index (κ2) is 3.20. The highest BCUT2D eigenvalue weighted by Gasteiger charge is 1.97. The lowest BCUT2D eigenvalue weighted by Crippen LogP contribution is -1.76. The van der Waals surface area contributed by atoms with Gasteiger partial charge in [-0.25, -0.2) is 0 Å². The van der Waals surface area contributed by atoms with Gasteiger partial charge in [0.25, 0.3) is 0 Å². The summed E-state index contributed by atoms with van der Waals surface area (Å²) in [6.07, 6.45) is 2.68. The van der Waals surface area contributed by atoms with E-state index in [-0.39, 0.29) is 0 Å². The molecule has 0 fully saturated rings. The predicted molar refractivity (Wildman–Crippen MR) is 38.1 cm³/mol. The maximum absolute atomic E-state index is 10.1. The van der Waals surface area contributed by atoms with Crippen LogP contribution < -0.4 is 0 Å². The van der Waals surface area contributed by atoms with Crippen LogP contribution in [0, 0.1) is 0 Å². The van der Waals surface area contributed by atoms with Gasteiger partial charge in [0.15, 0.2) is 12.0 Å². The summed E-state index contributed by atoms with van der Waals surface area (Å²) in [7, 11) is 0. The number of aryl methyl sites for hydroxylation is 1. The van der Waals surface area contributed by atoms with Crippen molar-refractivity contribution in [3.63, 3.8) is 0 Å². The lowest BCUT2D eigenvalue weighted by molar-refractivity contribution is 0.109. The summed E-state index contributed by atoms with van der Waals surface area (Å²) >= 11 is 0. The molecule has 1 heterocycles. The number of hydrogen-bond acceptors (Lipinski definition) is 2. The van der Waals surface area contributed by atoms with Gasteiger partial charge in [-0.15, -0.1) is 0 Å². The van der Waals surface area contributed by atoms with Crippen LogP contribution in [0.3, 0.4) is 0 Å². The quantitative estimate of drug-likeness (QED) is 0.598. The molecule has 0 N–H and O–H groups in total. The summed E-state index contributed by atoms with van der Waals surface area (Å²) in [4.78, 5) is 10.1. The van der Waals surface area contributed by atoms with Crippen molar-refractivity contribution in [3.8, 4) is 0 Å². The van der Waals surface area contributed by atoms with Crippen molar-refractivity contribution < 1.29 is 9.21 Å². The minimum absolute atomic E-state index is 0.420. The summed E-state index contributed by atoms with van der Waals surface area (Å²) in [5.41, 5.74) is 0. The predicted octanol–water partition coefficient (Wildman–Crippen LogP) is 2.04. The summed E-state index contributed by atoms with van der Waals surface area (Å²) in [5, 5.41) is 0. The van der Waals surface area contributed by atoms with Crippen molar-refractivity contribution in [2.75, 3.05) is 0 Å². The van der Waals surface area contributed by atoms with Gasteiger partial charge in [0.05, 0.1) is 0 Å². The Hall–Kier alpha value is -1.05. The van der Waals surface area contributed by atoms with E-state index in [1.54, 1.807) is 6.07 Å². The fourth-order valence-corrected chi connectivity index (χ4v) is 0.839. The molecule has 1 rings (SSSR count). The Morgan fingerprint density at radius 2 is 2.40 bits per heavy atom. The first-order chi connectivity index (χ1) is 4.86. The summed E-state index contributed by atoms with van der Waals surface area (Å²) in [5.74, 6) is 1.31. The number of furan rings is 1. The molecule has 54 valence electrons. The molecule has 0 amide bonds. The Bertz CT molecular complexity index is 213. The van der Waals surface area contributed by atoms with Gasteiger partial charge >= 0.3 is 0 Å². The number of carbonyl (C=O) groups excluding carboxylic acids is 1. The zero-order chi connectivity index (χ0) is 7.40. The lowest BCUT2D eigenvalue weighted by atomic mass is 10.3. The van der Waals surface area contributed by atoms with E-state index in [4.69, 9.17) is 4.42 Å². The third kappa shape index (κ3) is 1.47. The maximum Gasteiger partial charge on any atom is 0.185 e. The molecule has 0 aliphatic rings. The Balaban J connectivity index is 2.68. The van der Waals surface area contributed by atoms with E-state index in [2.05, 4.69) is 6.92 Å². The highest BCUT2D eigenvalue weighted by Crippen LogP contribution is 2.07. The zero-order valence-electron chi connectivity index (χ0n) is 5.96. The van der Waals surface area contributed by atoms with Crippen LogP contribution in [0.5, 0.6) is 0 Å². The fraction of sp³-hybridized carbons (Fsp3) is 0.375. The summed E-state index contributed by atoms with van der Waals surface area (Å²) in [6, 6.07) is 3.53. The van der Waals surface area contributed by atoms with Crippen LogP contribution in [-0.4, -0.2) is 6.29 Å². The smallest absolute Gasteiger partial charge is 0.185 e. The van der Waals surface area contributed by atoms with Crippen LogP contribution in [0.4, 0.5) is 0 Å². The Morgan fingerprint density at radius 3 is 2.90 bits per heavy atom. The van der Waals surface area contributed by atoms with E-state index in [1.807, 2.05) is 6.07 Å². The average molecular weight is 138 g/mol. The van der Waals surface area contributed by atoms with Crippen molar-refractivity contribution in [3.05, 3.63) is 23.7 Å². The molecular weight excluding hydrogens is 128 g/mol. The molecule has 0 aliphatic carbocycles. The highest BCUT2D eigenvalue weighted by atomic mass is 16.3. The second-order valence-electron chi connectivity index (χ2n) is 2.17. The molecule has 1 aromatic heterocycles. The molecule has 0 saturated heterocycles. The molecule has 1 aromatic rings. The zero-order valence-corrected chi connectivity index (χ0v) is 5.96. The monoisotopic (exact) mass is 138 g/mol. The van der Waals surface area contributed by atoms with Crippen LogP contribution >= 0.6 is 0 Å². The third-order valence-electron chi connectivity index (χ3n) is 1.29. The summed E-state index contributed by atoms with van der Waals surface area (Å²) < 4.78 is 5.11. The molecular formula is C8H10O2. The van der Waals surface area contributed by atoms with E-state index in [0.717, 1.165) is 24.9 Å². The van der Waals surface area contributed by atoms with Crippen LogP contribution in [0.15, 0.2) is 16.5 Å². The minimum Gasteiger partial charge on any atom is -0.458 e. The van der Waals surface area contributed by atoms with Crippen molar-refractivity contribution >= 4 is 6.29 Å². The number of aldehydes is 1. The molecule has 0 saturated carbocycles. The molecule has 10 heavy (non-hydrogen) atoms. The van der Waals surface area contributed by atoms with Crippen molar-refractivity contribution in [2.24, 2.45) is 0 Å². The van der Waals surface area contributed by atoms with E-state index in [1.165, 1.54) is 0 Å². The van der Waals surface area contributed by atoms with E-state index >= 15 is 0 Å². The van der Waals surface area contributed by atoms with Gasteiger partial charge in [-0.2, -0.15) is 0 Å². The normalized spacial score (nSPS) is 9.70. The largest absolute Gasteiger partial charge is 0.458 e. The molecule has 0 unspecified atom stereocenters. The SMILES string of the molecule is CCCc1ccc(C=O)o1. The maximum atomic E-state index is 10.1. The molecule has 2 nitrogen and oxygen atoms in total. The van der Waals surface area contributed by atoms with Gasteiger partial charge in [-0.3, -0.25) is 4.79 Å². The molecule has 0 aromatic carbocycles.